The summed E-state index contributed by atoms with van der Waals surface area (Å²) < 4.78 is 25.1. The van der Waals surface area contributed by atoms with E-state index < -0.39 is 6.29 Å². The fourth-order valence-electron chi connectivity index (χ4n) is 2.38. The van der Waals surface area contributed by atoms with E-state index in [1.54, 1.807) is 18.5 Å². The molecule has 1 aliphatic heterocycles. The van der Waals surface area contributed by atoms with Gasteiger partial charge in [-0.1, -0.05) is 6.92 Å². The maximum absolute atomic E-state index is 14.2. The summed E-state index contributed by atoms with van der Waals surface area (Å²) in [5.41, 5.74) is 1.44. The van der Waals surface area contributed by atoms with Gasteiger partial charge in [0.2, 0.25) is 0 Å². The molecule has 0 atom stereocenters. The Hall–Kier alpha value is -1.52. The molecule has 0 aliphatic carbocycles. The lowest BCUT2D eigenvalue weighted by molar-refractivity contribution is -0.0452. The lowest BCUT2D eigenvalue weighted by Gasteiger charge is -2.15. The second-order valence-corrected chi connectivity index (χ2v) is 4.28. The fraction of sp³-hybridized carbons (Fsp3) is 0.357. The number of aryl methyl sites for hydroxylation is 1. The van der Waals surface area contributed by atoms with E-state index in [1.807, 2.05) is 13.0 Å². The Labute approximate surface area is 105 Å². The van der Waals surface area contributed by atoms with Crippen molar-refractivity contribution >= 4 is 10.8 Å². The Balaban J connectivity index is 2.26. The van der Waals surface area contributed by atoms with Crippen molar-refractivity contribution in [2.24, 2.45) is 0 Å². The Bertz CT molecular complexity index is 579. The van der Waals surface area contributed by atoms with Gasteiger partial charge in [0, 0.05) is 17.8 Å². The number of halogens is 1. The van der Waals surface area contributed by atoms with Gasteiger partial charge in [-0.05, 0) is 29.5 Å². The number of rotatable bonds is 2. The normalized spacial score (nSPS) is 16.6. The summed E-state index contributed by atoms with van der Waals surface area (Å²) in [6.07, 6.45) is 3.61. The minimum absolute atomic E-state index is 0.266. The van der Waals surface area contributed by atoms with Gasteiger partial charge in [-0.2, -0.15) is 0 Å². The average molecular weight is 247 g/mol. The number of pyridine rings is 1. The molecule has 0 radical (unpaired) electrons. The summed E-state index contributed by atoms with van der Waals surface area (Å²) in [4.78, 5) is 4.11. The number of ether oxygens (including phenoxy) is 2. The van der Waals surface area contributed by atoms with Crippen LogP contribution in [-0.4, -0.2) is 18.2 Å². The van der Waals surface area contributed by atoms with Gasteiger partial charge in [-0.3, -0.25) is 4.98 Å². The minimum Gasteiger partial charge on any atom is -0.346 e. The van der Waals surface area contributed by atoms with Crippen molar-refractivity contribution in [1.82, 2.24) is 4.98 Å². The maximum Gasteiger partial charge on any atom is 0.187 e. The monoisotopic (exact) mass is 247 g/mol. The molecule has 18 heavy (non-hydrogen) atoms. The van der Waals surface area contributed by atoms with Crippen LogP contribution in [0, 0.1) is 5.82 Å². The van der Waals surface area contributed by atoms with Crippen LogP contribution in [0.3, 0.4) is 0 Å². The fourth-order valence-corrected chi connectivity index (χ4v) is 2.38. The first-order valence-corrected chi connectivity index (χ1v) is 6.09. The van der Waals surface area contributed by atoms with E-state index in [2.05, 4.69) is 4.98 Å². The number of aromatic nitrogens is 1. The molecule has 4 heteroatoms. The summed E-state index contributed by atoms with van der Waals surface area (Å²) in [6, 6.07) is 3.38. The highest BCUT2D eigenvalue weighted by Crippen LogP contribution is 2.33. The van der Waals surface area contributed by atoms with E-state index in [4.69, 9.17) is 9.47 Å². The molecule has 1 aromatic carbocycles. The number of hydrogen-bond acceptors (Lipinski definition) is 3. The predicted octanol–water partition coefficient (Wildman–Crippen LogP) is 2.98. The predicted molar refractivity (Wildman–Crippen MR) is 65.7 cm³/mol. The standard InChI is InChI=1S/C14H14FNO2/c1-2-9-7-12(15)13(14-17-5-6-18-14)10-3-4-16-8-11(9)10/h3-4,7-8,14H,2,5-6H2,1H3. The van der Waals surface area contributed by atoms with Gasteiger partial charge in [0.1, 0.15) is 5.82 Å². The molecule has 0 saturated carbocycles. The van der Waals surface area contributed by atoms with Crippen molar-refractivity contribution in [2.45, 2.75) is 19.6 Å². The topological polar surface area (TPSA) is 31.4 Å². The van der Waals surface area contributed by atoms with Crippen LogP contribution in [0.15, 0.2) is 24.5 Å². The molecule has 2 aromatic rings. The molecular formula is C14H14FNO2. The summed E-state index contributed by atoms with van der Waals surface area (Å²) in [7, 11) is 0. The molecule has 1 aromatic heterocycles. The van der Waals surface area contributed by atoms with Gasteiger partial charge >= 0.3 is 0 Å². The highest BCUT2D eigenvalue weighted by atomic mass is 19.1. The van der Waals surface area contributed by atoms with Crippen LogP contribution >= 0.6 is 0 Å². The van der Waals surface area contributed by atoms with Crippen LogP contribution in [0.25, 0.3) is 10.8 Å². The van der Waals surface area contributed by atoms with Crippen molar-refractivity contribution < 1.29 is 13.9 Å². The average Bonchev–Trinajstić information content (AvgIpc) is 2.91. The molecule has 0 N–H and O–H groups in total. The van der Waals surface area contributed by atoms with Crippen LogP contribution in [0.2, 0.25) is 0 Å². The Morgan fingerprint density at radius 3 is 2.83 bits per heavy atom. The van der Waals surface area contributed by atoms with E-state index in [0.29, 0.717) is 18.8 Å². The molecule has 94 valence electrons. The number of fused-ring (bicyclic) bond motifs is 1. The van der Waals surface area contributed by atoms with Crippen molar-refractivity contribution in [3.8, 4) is 0 Å². The molecule has 1 aliphatic rings. The van der Waals surface area contributed by atoms with Crippen LogP contribution in [0.4, 0.5) is 4.39 Å². The zero-order chi connectivity index (χ0) is 12.5. The van der Waals surface area contributed by atoms with Crippen LogP contribution < -0.4 is 0 Å². The third-order valence-corrected chi connectivity index (χ3v) is 3.25. The third-order valence-electron chi connectivity index (χ3n) is 3.25. The molecule has 0 amide bonds. The van der Waals surface area contributed by atoms with E-state index in [-0.39, 0.29) is 5.82 Å². The molecule has 0 unspecified atom stereocenters. The first kappa shape index (κ1) is 11.6. The summed E-state index contributed by atoms with van der Waals surface area (Å²) in [5.74, 6) is -0.266. The minimum atomic E-state index is -0.596. The maximum atomic E-state index is 14.2. The van der Waals surface area contributed by atoms with Gasteiger partial charge < -0.3 is 9.47 Å². The first-order chi connectivity index (χ1) is 8.81. The summed E-state index contributed by atoms with van der Waals surface area (Å²) in [5, 5.41) is 1.80. The van der Waals surface area contributed by atoms with E-state index in [0.717, 1.165) is 22.8 Å². The van der Waals surface area contributed by atoms with Crippen molar-refractivity contribution in [3.63, 3.8) is 0 Å². The molecule has 3 rings (SSSR count). The smallest absolute Gasteiger partial charge is 0.187 e. The van der Waals surface area contributed by atoms with Gasteiger partial charge in [0.15, 0.2) is 6.29 Å². The van der Waals surface area contributed by atoms with Crippen molar-refractivity contribution in [2.75, 3.05) is 13.2 Å². The molecule has 0 bridgehead atoms. The lowest BCUT2D eigenvalue weighted by atomic mass is 9.99. The second-order valence-electron chi connectivity index (χ2n) is 4.28. The zero-order valence-electron chi connectivity index (χ0n) is 10.1. The van der Waals surface area contributed by atoms with Gasteiger partial charge in [-0.25, -0.2) is 4.39 Å². The molecule has 3 nitrogen and oxygen atoms in total. The Morgan fingerprint density at radius 2 is 2.11 bits per heavy atom. The summed E-state index contributed by atoms with van der Waals surface area (Å²) >= 11 is 0. The Morgan fingerprint density at radius 1 is 1.33 bits per heavy atom. The highest BCUT2D eigenvalue weighted by Gasteiger charge is 2.25. The van der Waals surface area contributed by atoms with E-state index >= 15 is 0 Å². The molecule has 0 spiro atoms. The van der Waals surface area contributed by atoms with Crippen molar-refractivity contribution in [3.05, 3.63) is 41.5 Å². The largest absolute Gasteiger partial charge is 0.346 e. The molecule has 1 fully saturated rings. The zero-order valence-corrected chi connectivity index (χ0v) is 10.1. The molecular weight excluding hydrogens is 233 g/mol. The number of hydrogen-bond donors (Lipinski definition) is 0. The van der Waals surface area contributed by atoms with E-state index in [9.17, 15) is 4.39 Å². The van der Waals surface area contributed by atoms with Crippen LogP contribution in [0.1, 0.15) is 24.3 Å². The van der Waals surface area contributed by atoms with Gasteiger partial charge in [-0.15, -0.1) is 0 Å². The van der Waals surface area contributed by atoms with Gasteiger partial charge in [0.05, 0.1) is 18.8 Å². The number of nitrogens with zero attached hydrogens (tertiary/aromatic N) is 1. The van der Waals surface area contributed by atoms with E-state index in [1.165, 1.54) is 0 Å². The summed E-state index contributed by atoms with van der Waals surface area (Å²) in [6.45, 7) is 3.02. The lowest BCUT2D eigenvalue weighted by Crippen LogP contribution is -2.04. The Kier molecular flexibility index (Phi) is 2.97. The van der Waals surface area contributed by atoms with Gasteiger partial charge in [0.25, 0.3) is 0 Å². The van der Waals surface area contributed by atoms with Crippen molar-refractivity contribution in [1.29, 1.82) is 0 Å². The molecule has 1 saturated heterocycles. The SMILES string of the molecule is CCc1cc(F)c(C2OCCO2)c2ccncc12. The van der Waals surface area contributed by atoms with Crippen LogP contribution in [0.5, 0.6) is 0 Å². The molecule has 2 heterocycles. The highest BCUT2D eigenvalue weighted by molar-refractivity contribution is 5.88. The van der Waals surface area contributed by atoms with Crippen LogP contribution in [-0.2, 0) is 15.9 Å². The first-order valence-electron chi connectivity index (χ1n) is 6.09. The number of benzene rings is 1. The third kappa shape index (κ3) is 1.78. The quantitative estimate of drug-likeness (QED) is 0.817. The second kappa shape index (κ2) is 4.63.